The Morgan fingerprint density at radius 3 is 2.75 bits per heavy atom. The van der Waals surface area contributed by atoms with Gasteiger partial charge < -0.3 is 4.74 Å². The number of anilines is 1. The van der Waals surface area contributed by atoms with E-state index in [0.29, 0.717) is 15.3 Å². The average Bonchev–Trinajstić information content (AvgIpc) is 2.09. The summed E-state index contributed by atoms with van der Waals surface area (Å²) in [5, 5.41) is 2.89. The van der Waals surface area contributed by atoms with Crippen LogP contribution >= 0.6 is 27.5 Å². The summed E-state index contributed by atoms with van der Waals surface area (Å²) in [5.41, 5.74) is -0.0846. The summed E-state index contributed by atoms with van der Waals surface area (Å²) in [4.78, 5) is 15.4. The first-order valence-electron chi connectivity index (χ1n) is 4.59. The molecule has 0 fully saturated rings. The monoisotopic (exact) mass is 306 g/mol. The predicted octanol–water partition coefficient (Wildman–Crippen LogP) is 3.84. The zero-order valence-electron chi connectivity index (χ0n) is 9.17. The van der Waals surface area contributed by atoms with E-state index < -0.39 is 11.7 Å². The zero-order chi connectivity index (χ0) is 12.3. The summed E-state index contributed by atoms with van der Waals surface area (Å²) < 4.78 is 5.57. The molecule has 0 saturated carbocycles. The second kappa shape index (κ2) is 5.01. The molecule has 0 aliphatic heterocycles. The van der Waals surface area contributed by atoms with Crippen molar-refractivity contribution in [3.05, 3.63) is 21.9 Å². The summed E-state index contributed by atoms with van der Waals surface area (Å²) in [6.45, 7) is 5.37. The number of pyridine rings is 1. The van der Waals surface area contributed by atoms with Crippen LogP contribution in [0.2, 0.25) is 5.02 Å². The molecule has 1 heterocycles. The lowest BCUT2D eigenvalue weighted by Gasteiger charge is -2.19. The summed E-state index contributed by atoms with van der Waals surface area (Å²) in [7, 11) is 0. The van der Waals surface area contributed by atoms with Gasteiger partial charge in [0.1, 0.15) is 10.2 Å². The number of amides is 1. The molecule has 4 nitrogen and oxygen atoms in total. The van der Waals surface area contributed by atoms with Gasteiger partial charge >= 0.3 is 6.09 Å². The van der Waals surface area contributed by atoms with Gasteiger partial charge in [0, 0.05) is 6.20 Å². The summed E-state index contributed by atoms with van der Waals surface area (Å²) >= 11 is 9.09. The van der Waals surface area contributed by atoms with Gasteiger partial charge in [0.2, 0.25) is 0 Å². The molecule has 1 N–H and O–H groups in total. The number of aromatic nitrogens is 1. The Kier molecular flexibility index (Phi) is 4.15. The Morgan fingerprint density at radius 1 is 1.56 bits per heavy atom. The standard InChI is InChI=1S/C10H12BrClN2O2/c1-10(2,3)16-9(15)14-6-4-5-13-8(11)7(6)12/h4-5H,1-3H3,(H,13,14,15). The molecule has 1 aromatic heterocycles. The minimum Gasteiger partial charge on any atom is -0.444 e. The van der Waals surface area contributed by atoms with Gasteiger partial charge in [-0.2, -0.15) is 0 Å². The van der Waals surface area contributed by atoms with Crippen LogP contribution in [-0.4, -0.2) is 16.7 Å². The van der Waals surface area contributed by atoms with Gasteiger partial charge in [-0.05, 0) is 42.8 Å². The van der Waals surface area contributed by atoms with Crippen molar-refractivity contribution in [3.8, 4) is 0 Å². The van der Waals surface area contributed by atoms with Crippen LogP contribution in [0.5, 0.6) is 0 Å². The molecule has 1 amide bonds. The smallest absolute Gasteiger partial charge is 0.412 e. The topological polar surface area (TPSA) is 51.2 Å². The van der Waals surface area contributed by atoms with E-state index in [-0.39, 0.29) is 0 Å². The van der Waals surface area contributed by atoms with Crippen molar-refractivity contribution in [3.63, 3.8) is 0 Å². The van der Waals surface area contributed by atoms with Gasteiger partial charge in [-0.25, -0.2) is 9.78 Å². The lowest BCUT2D eigenvalue weighted by molar-refractivity contribution is 0.0636. The number of carbonyl (C=O) groups excluding carboxylic acids is 1. The summed E-state index contributed by atoms with van der Waals surface area (Å²) in [6.07, 6.45) is 0.982. The first-order valence-corrected chi connectivity index (χ1v) is 5.77. The van der Waals surface area contributed by atoms with E-state index in [1.807, 2.05) is 0 Å². The van der Waals surface area contributed by atoms with Gasteiger partial charge in [-0.3, -0.25) is 5.32 Å². The highest BCUT2D eigenvalue weighted by molar-refractivity contribution is 9.10. The molecule has 0 radical (unpaired) electrons. The Bertz CT molecular complexity index is 404. The highest BCUT2D eigenvalue weighted by atomic mass is 79.9. The summed E-state index contributed by atoms with van der Waals surface area (Å²) in [6, 6.07) is 1.59. The minimum absolute atomic E-state index is 0.341. The van der Waals surface area contributed by atoms with E-state index >= 15 is 0 Å². The van der Waals surface area contributed by atoms with E-state index in [1.54, 1.807) is 26.8 Å². The molecule has 0 atom stereocenters. The first-order chi connectivity index (χ1) is 7.29. The predicted molar refractivity (Wildman–Crippen MR) is 66.8 cm³/mol. The Hall–Kier alpha value is -0.810. The van der Waals surface area contributed by atoms with Crippen molar-refractivity contribution in [2.24, 2.45) is 0 Å². The van der Waals surface area contributed by atoms with Gasteiger partial charge in [0.15, 0.2) is 0 Å². The highest BCUT2D eigenvalue weighted by Crippen LogP contribution is 2.28. The Balaban J connectivity index is 2.74. The maximum Gasteiger partial charge on any atom is 0.412 e. The molecule has 6 heteroatoms. The molecule has 0 aliphatic rings. The number of nitrogens with zero attached hydrogens (tertiary/aromatic N) is 1. The molecule has 0 unspecified atom stereocenters. The molecule has 16 heavy (non-hydrogen) atoms. The van der Waals surface area contributed by atoms with E-state index in [0.717, 1.165) is 0 Å². The fourth-order valence-electron chi connectivity index (χ4n) is 0.928. The molecule has 0 spiro atoms. The number of carbonyl (C=O) groups is 1. The number of hydrogen-bond acceptors (Lipinski definition) is 3. The largest absolute Gasteiger partial charge is 0.444 e. The Morgan fingerprint density at radius 2 is 2.19 bits per heavy atom. The normalized spacial score (nSPS) is 11.1. The minimum atomic E-state index is -0.549. The number of nitrogens with one attached hydrogen (secondary N) is 1. The zero-order valence-corrected chi connectivity index (χ0v) is 11.5. The van der Waals surface area contributed by atoms with Crippen LogP contribution in [0.3, 0.4) is 0 Å². The molecule has 0 bridgehead atoms. The molecule has 0 saturated heterocycles. The van der Waals surface area contributed by atoms with E-state index in [9.17, 15) is 4.79 Å². The fraction of sp³-hybridized carbons (Fsp3) is 0.400. The van der Waals surface area contributed by atoms with Crippen LogP contribution in [0.1, 0.15) is 20.8 Å². The number of rotatable bonds is 1. The lowest BCUT2D eigenvalue weighted by atomic mass is 10.2. The molecule has 0 aromatic carbocycles. The van der Waals surface area contributed by atoms with E-state index in [4.69, 9.17) is 16.3 Å². The maximum absolute atomic E-state index is 11.5. The first kappa shape index (κ1) is 13.3. The van der Waals surface area contributed by atoms with Crippen LogP contribution in [0.25, 0.3) is 0 Å². The lowest BCUT2D eigenvalue weighted by Crippen LogP contribution is -2.27. The van der Waals surface area contributed by atoms with Crippen molar-refractivity contribution in [2.75, 3.05) is 5.32 Å². The van der Waals surface area contributed by atoms with Gasteiger partial charge in [-0.15, -0.1) is 0 Å². The second-order valence-electron chi connectivity index (χ2n) is 4.09. The van der Waals surface area contributed by atoms with Gasteiger partial charge in [-0.1, -0.05) is 11.6 Å². The van der Waals surface area contributed by atoms with Crippen molar-refractivity contribution >= 4 is 39.3 Å². The molecule has 0 aliphatic carbocycles. The van der Waals surface area contributed by atoms with Crippen LogP contribution in [-0.2, 0) is 4.74 Å². The van der Waals surface area contributed by atoms with Crippen LogP contribution in [0.15, 0.2) is 16.9 Å². The SMILES string of the molecule is CC(C)(C)OC(=O)Nc1ccnc(Br)c1Cl. The highest BCUT2D eigenvalue weighted by Gasteiger charge is 2.17. The summed E-state index contributed by atoms with van der Waals surface area (Å²) in [5.74, 6) is 0. The molecule has 1 rings (SSSR count). The third-order valence-electron chi connectivity index (χ3n) is 1.48. The molecular weight excluding hydrogens is 295 g/mol. The van der Waals surface area contributed by atoms with Crippen LogP contribution in [0, 0.1) is 0 Å². The van der Waals surface area contributed by atoms with Crippen molar-refractivity contribution in [2.45, 2.75) is 26.4 Å². The van der Waals surface area contributed by atoms with Crippen LogP contribution < -0.4 is 5.32 Å². The van der Waals surface area contributed by atoms with Crippen molar-refractivity contribution in [1.82, 2.24) is 4.98 Å². The fourth-order valence-corrected chi connectivity index (χ4v) is 1.42. The third-order valence-corrected chi connectivity index (χ3v) is 2.69. The molecule has 88 valence electrons. The van der Waals surface area contributed by atoms with Gasteiger partial charge in [0.05, 0.1) is 10.7 Å². The number of halogens is 2. The average molecular weight is 308 g/mol. The van der Waals surface area contributed by atoms with Gasteiger partial charge in [0.25, 0.3) is 0 Å². The van der Waals surface area contributed by atoms with E-state index in [2.05, 4.69) is 26.2 Å². The van der Waals surface area contributed by atoms with Crippen LogP contribution in [0.4, 0.5) is 10.5 Å². The van der Waals surface area contributed by atoms with Crippen molar-refractivity contribution < 1.29 is 9.53 Å². The van der Waals surface area contributed by atoms with Crippen molar-refractivity contribution in [1.29, 1.82) is 0 Å². The maximum atomic E-state index is 11.5. The number of hydrogen-bond donors (Lipinski definition) is 1. The molecular formula is C10H12BrClN2O2. The quantitative estimate of drug-likeness (QED) is 0.802. The van der Waals surface area contributed by atoms with E-state index in [1.165, 1.54) is 6.20 Å². The second-order valence-corrected chi connectivity index (χ2v) is 5.22. The number of ether oxygens (including phenoxy) is 1. The Labute approximate surface area is 107 Å². The molecule has 1 aromatic rings. The third kappa shape index (κ3) is 3.98.